The zero-order valence-electron chi connectivity index (χ0n) is 10.6. The fourth-order valence-corrected chi connectivity index (χ4v) is 2.53. The monoisotopic (exact) mass is 226 g/mol. The quantitative estimate of drug-likeness (QED) is 0.722. The number of hydrogen-bond donors (Lipinski definition) is 2. The molecule has 2 rings (SSSR count). The smallest absolute Gasteiger partial charge is 0.239 e. The molecule has 2 N–H and O–H groups in total. The van der Waals surface area contributed by atoms with Crippen LogP contribution in [0.15, 0.2) is 0 Å². The van der Waals surface area contributed by atoms with Gasteiger partial charge in [0.2, 0.25) is 5.91 Å². The van der Waals surface area contributed by atoms with Crippen molar-refractivity contribution >= 4 is 5.91 Å². The molecule has 1 atom stereocenters. The van der Waals surface area contributed by atoms with Gasteiger partial charge in [-0.05, 0) is 10.8 Å². The molecule has 0 aromatic heterocycles. The molecule has 0 bridgehead atoms. The third-order valence-electron chi connectivity index (χ3n) is 4.55. The maximum Gasteiger partial charge on any atom is 0.239 e. The molecule has 2 aliphatic rings. The van der Waals surface area contributed by atoms with Crippen molar-refractivity contribution in [3.05, 3.63) is 0 Å². The Balaban J connectivity index is 1.89. The average molecular weight is 226 g/mol. The number of hydrogen-bond acceptors (Lipinski definition) is 3. The van der Waals surface area contributed by atoms with Gasteiger partial charge in [0.25, 0.3) is 0 Å². The van der Waals surface area contributed by atoms with E-state index in [0.717, 1.165) is 6.54 Å². The Morgan fingerprint density at radius 2 is 1.94 bits per heavy atom. The Hall–Kier alpha value is -0.610. The van der Waals surface area contributed by atoms with Gasteiger partial charge in [-0.25, -0.2) is 0 Å². The second-order valence-corrected chi connectivity index (χ2v) is 5.97. The lowest BCUT2D eigenvalue weighted by molar-refractivity contribution is -0.126. The van der Waals surface area contributed by atoms with E-state index >= 15 is 0 Å². The van der Waals surface area contributed by atoms with E-state index in [2.05, 4.69) is 38.3 Å². The molecule has 2 fully saturated rings. The summed E-state index contributed by atoms with van der Waals surface area (Å²) >= 11 is 0. The van der Waals surface area contributed by atoms with Gasteiger partial charge in [0, 0.05) is 12.6 Å². The molecule has 1 unspecified atom stereocenters. The number of morpholine rings is 1. The third kappa shape index (κ3) is 1.74. The van der Waals surface area contributed by atoms with E-state index in [-0.39, 0.29) is 28.8 Å². The molecule has 0 spiro atoms. The number of carbonyl (C=O) groups is 1. The predicted molar refractivity (Wildman–Crippen MR) is 62.1 cm³/mol. The van der Waals surface area contributed by atoms with Crippen LogP contribution in [0.3, 0.4) is 0 Å². The van der Waals surface area contributed by atoms with Crippen LogP contribution in [0.4, 0.5) is 0 Å². The summed E-state index contributed by atoms with van der Waals surface area (Å²) in [6, 6.07) is 0.0946. The summed E-state index contributed by atoms with van der Waals surface area (Å²) in [4.78, 5) is 12.0. The van der Waals surface area contributed by atoms with Crippen LogP contribution in [0.5, 0.6) is 0 Å². The Kier molecular flexibility index (Phi) is 2.75. The molecule has 1 saturated carbocycles. The van der Waals surface area contributed by atoms with Crippen molar-refractivity contribution < 1.29 is 9.53 Å². The number of rotatable bonds is 2. The zero-order valence-corrected chi connectivity index (χ0v) is 10.6. The highest BCUT2D eigenvalue weighted by Gasteiger charge is 2.65. The second-order valence-electron chi connectivity index (χ2n) is 5.97. The van der Waals surface area contributed by atoms with E-state index in [0.29, 0.717) is 13.2 Å². The highest BCUT2D eigenvalue weighted by atomic mass is 16.5. The van der Waals surface area contributed by atoms with Gasteiger partial charge in [-0.1, -0.05) is 27.7 Å². The van der Waals surface area contributed by atoms with Crippen molar-refractivity contribution in [2.75, 3.05) is 19.8 Å². The summed E-state index contributed by atoms with van der Waals surface area (Å²) in [7, 11) is 0. The van der Waals surface area contributed by atoms with Crippen LogP contribution in [0, 0.1) is 10.8 Å². The van der Waals surface area contributed by atoms with Gasteiger partial charge in [-0.3, -0.25) is 4.79 Å². The van der Waals surface area contributed by atoms with Gasteiger partial charge in [-0.2, -0.15) is 0 Å². The molecular formula is C12H22N2O2. The summed E-state index contributed by atoms with van der Waals surface area (Å²) < 4.78 is 5.29. The summed E-state index contributed by atoms with van der Waals surface area (Å²) in [5.74, 6) is 0.0725. The molecular weight excluding hydrogens is 204 g/mol. The minimum atomic E-state index is -0.180. The van der Waals surface area contributed by atoms with E-state index in [9.17, 15) is 4.79 Å². The van der Waals surface area contributed by atoms with Gasteiger partial charge < -0.3 is 15.4 Å². The van der Waals surface area contributed by atoms with Crippen LogP contribution in [-0.4, -0.2) is 37.7 Å². The number of carbonyl (C=O) groups excluding carboxylic acids is 1. The minimum absolute atomic E-state index is 0.0725. The summed E-state index contributed by atoms with van der Waals surface area (Å²) in [5, 5.41) is 6.29. The standard InChI is InChI=1S/C12H22N2O2/c1-11(2)10(12(11,3)4)14-9(15)8-7-16-6-5-13-8/h8,10,13H,5-7H2,1-4H3,(H,14,15). The zero-order chi connectivity index (χ0) is 12.0. The van der Waals surface area contributed by atoms with Crippen molar-refractivity contribution in [2.45, 2.75) is 39.8 Å². The summed E-state index contributed by atoms with van der Waals surface area (Å²) in [6.07, 6.45) is 0. The Morgan fingerprint density at radius 3 is 2.38 bits per heavy atom. The first kappa shape index (κ1) is 11.9. The number of amides is 1. The Bertz CT molecular complexity index is 279. The van der Waals surface area contributed by atoms with Gasteiger partial charge >= 0.3 is 0 Å². The first-order chi connectivity index (χ1) is 7.37. The molecule has 1 saturated heterocycles. The van der Waals surface area contributed by atoms with Crippen LogP contribution >= 0.6 is 0 Å². The lowest BCUT2D eigenvalue weighted by Gasteiger charge is -2.23. The largest absolute Gasteiger partial charge is 0.378 e. The van der Waals surface area contributed by atoms with E-state index in [1.54, 1.807) is 0 Å². The molecule has 92 valence electrons. The van der Waals surface area contributed by atoms with Crippen molar-refractivity contribution in [3.8, 4) is 0 Å². The fourth-order valence-electron chi connectivity index (χ4n) is 2.53. The lowest BCUT2D eigenvalue weighted by Crippen LogP contribution is -2.52. The first-order valence-electron chi connectivity index (χ1n) is 5.99. The maximum atomic E-state index is 12.0. The topological polar surface area (TPSA) is 50.4 Å². The molecule has 1 aliphatic heterocycles. The second kappa shape index (κ2) is 3.70. The average Bonchev–Trinajstić information content (AvgIpc) is 2.62. The van der Waals surface area contributed by atoms with Gasteiger partial charge in [0.15, 0.2) is 0 Å². The van der Waals surface area contributed by atoms with Crippen molar-refractivity contribution in [3.63, 3.8) is 0 Å². The van der Waals surface area contributed by atoms with Crippen molar-refractivity contribution in [1.29, 1.82) is 0 Å². The van der Waals surface area contributed by atoms with E-state index in [1.807, 2.05) is 0 Å². The van der Waals surface area contributed by atoms with Crippen molar-refractivity contribution in [1.82, 2.24) is 10.6 Å². The van der Waals surface area contributed by atoms with Crippen molar-refractivity contribution in [2.24, 2.45) is 10.8 Å². The molecule has 16 heavy (non-hydrogen) atoms. The van der Waals surface area contributed by atoms with E-state index in [1.165, 1.54) is 0 Å². The highest BCUT2D eigenvalue weighted by molar-refractivity contribution is 5.83. The van der Waals surface area contributed by atoms with Crippen LogP contribution in [0.25, 0.3) is 0 Å². The first-order valence-corrected chi connectivity index (χ1v) is 5.99. The lowest BCUT2D eigenvalue weighted by atomic mass is 10.0. The van der Waals surface area contributed by atoms with Crippen LogP contribution in [0.2, 0.25) is 0 Å². The number of nitrogens with one attached hydrogen (secondary N) is 2. The molecule has 1 amide bonds. The molecule has 1 heterocycles. The Labute approximate surface area is 97.1 Å². The molecule has 0 aromatic carbocycles. The summed E-state index contributed by atoms with van der Waals surface area (Å²) in [6.45, 7) is 10.7. The SMILES string of the molecule is CC1(C)C(NC(=O)C2COCCN2)C1(C)C. The van der Waals surface area contributed by atoms with Gasteiger partial charge in [-0.15, -0.1) is 0 Å². The predicted octanol–water partition coefficient (Wildman–Crippen LogP) is 0.526. The van der Waals surface area contributed by atoms with E-state index < -0.39 is 0 Å². The van der Waals surface area contributed by atoms with Crippen LogP contribution in [0.1, 0.15) is 27.7 Å². The highest BCUT2D eigenvalue weighted by Crippen LogP contribution is 2.62. The molecule has 1 aliphatic carbocycles. The molecule has 0 aromatic rings. The van der Waals surface area contributed by atoms with Crippen LogP contribution < -0.4 is 10.6 Å². The number of ether oxygens (including phenoxy) is 1. The molecule has 4 nitrogen and oxygen atoms in total. The van der Waals surface area contributed by atoms with Crippen LogP contribution in [-0.2, 0) is 9.53 Å². The van der Waals surface area contributed by atoms with E-state index in [4.69, 9.17) is 4.74 Å². The fraction of sp³-hybridized carbons (Fsp3) is 0.917. The maximum absolute atomic E-state index is 12.0. The minimum Gasteiger partial charge on any atom is -0.378 e. The third-order valence-corrected chi connectivity index (χ3v) is 4.55. The summed E-state index contributed by atoms with van der Waals surface area (Å²) in [5.41, 5.74) is 0.385. The molecule has 4 heteroatoms. The Morgan fingerprint density at radius 1 is 1.31 bits per heavy atom. The molecule has 0 radical (unpaired) electrons. The van der Waals surface area contributed by atoms with Gasteiger partial charge in [0.1, 0.15) is 6.04 Å². The van der Waals surface area contributed by atoms with Gasteiger partial charge in [0.05, 0.1) is 13.2 Å². The normalized spacial score (nSPS) is 32.1.